The zero-order valence-corrected chi connectivity index (χ0v) is 17.4. The van der Waals surface area contributed by atoms with Crippen molar-refractivity contribution in [3.8, 4) is 0 Å². The van der Waals surface area contributed by atoms with Gasteiger partial charge in [-0.1, -0.05) is 5.16 Å². The number of oxime groups is 1. The summed E-state index contributed by atoms with van der Waals surface area (Å²) in [5.41, 5.74) is 0.412. The molecule has 0 fully saturated rings. The molecule has 30 heavy (non-hydrogen) atoms. The van der Waals surface area contributed by atoms with Crippen molar-refractivity contribution < 1.29 is 14.3 Å². The highest BCUT2D eigenvalue weighted by atomic mass is 19.1. The van der Waals surface area contributed by atoms with Gasteiger partial charge >= 0.3 is 0 Å². The number of nitrogens with zero attached hydrogens (tertiary/aromatic N) is 5. The Morgan fingerprint density at radius 2 is 2.10 bits per heavy atom. The molecule has 0 saturated carbocycles. The van der Waals surface area contributed by atoms with Crippen molar-refractivity contribution >= 4 is 17.3 Å². The van der Waals surface area contributed by atoms with Crippen LogP contribution in [0.15, 0.2) is 35.9 Å². The monoisotopic (exact) mass is 413 g/mol. The molecule has 4 heterocycles. The number of amidine groups is 1. The third-order valence-corrected chi connectivity index (χ3v) is 4.70. The smallest absolute Gasteiger partial charge is 0.203 e. The van der Waals surface area contributed by atoms with Gasteiger partial charge in [0, 0.05) is 11.8 Å². The molecule has 3 aromatic rings. The van der Waals surface area contributed by atoms with E-state index in [0.717, 1.165) is 6.20 Å². The van der Waals surface area contributed by atoms with Crippen LogP contribution < -0.4 is 10.6 Å². The van der Waals surface area contributed by atoms with Crippen molar-refractivity contribution in [2.24, 2.45) is 5.16 Å². The molecule has 0 amide bonds. The first-order valence-corrected chi connectivity index (χ1v) is 9.57. The van der Waals surface area contributed by atoms with E-state index in [1.165, 1.54) is 6.07 Å². The minimum Gasteiger partial charge on any atom is -0.384 e. The van der Waals surface area contributed by atoms with E-state index in [9.17, 15) is 9.50 Å². The lowest BCUT2D eigenvalue weighted by atomic mass is 9.95. The van der Waals surface area contributed by atoms with Crippen molar-refractivity contribution in [1.82, 2.24) is 24.9 Å². The van der Waals surface area contributed by atoms with Gasteiger partial charge in [0.1, 0.15) is 17.2 Å². The van der Waals surface area contributed by atoms with Gasteiger partial charge in [0.25, 0.3) is 0 Å². The first-order valence-electron chi connectivity index (χ1n) is 9.57. The summed E-state index contributed by atoms with van der Waals surface area (Å²) in [6, 6.07) is 2.78. The van der Waals surface area contributed by atoms with Gasteiger partial charge < -0.3 is 20.6 Å². The molecule has 3 aromatic heterocycles. The number of fused-ring (bicyclic) bond motifs is 1. The largest absolute Gasteiger partial charge is 0.384 e. The van der Waals surface area contributed by atoms with E-state index in [0.29, 0.717) is 34.1 Å². The molecule has 0 aliphatic carbocycles. The Morgan fingerprint density at radius 3 is 2.77 bits per heavy atom. The van der Waals surface area contributed by atoms with Crippen LogP contribution >= 0.6 is 0 Å². The highest BCUT2D eigenvalue weighted by Gasteiger charge is 2.30. The predicted octanol–water partition coefficient (Wildman–Crippen LogP) is 2.68. The molecule has 0 aromatic carbocycles. The summed E-state index contributed by atoms with van der Waals surface area (Å²) in [5.74, 6) is 0.633. The number of nitrogens with one attached hydrogen (secondary N) is 2. The second kappa shape index (κ2) is 6.91. The van der Waals surface area contributed by atoms with Crippen molar-refractivity contribution in [2.45, 2.75) is 52.0 Å². The Morgan fingerprint density at radius 1 is 1.33 bits per heavy atom. The summed E-state index contributed by atoms with van der Waals surface area (Å²) < 4.78 is 15.5. The van der Waals surface area contributed by atoms with Crippen LogP contribution in [-0.4, -0.2) is 36.2 Å². The number of hydrogen-bond donors (Lipinski definition) is 3. The number of aromatic nitrogens is 4. The second-order valence-corrected chi connectivity index (χ2v) is 8.32. The van der Waals surface area contributed by atoms with E-state index in [1.54, 1.807) is 36.8 Å². The maximum atomic E-state index is 13.9. The van der Waals surface area contributed by atoms with Gasteiger partial charge in [0.15, 0.2) is 11.5 Å². The van der Waals surface area contributed by atoms with E-state index in [4.69, 9.17) is 4.84 Å². The fraction of sp³-hybridized carbons (Fsp3) is 0.400. The van der Waals surface area contributed by atoms with Gasteiger partial charge in [0.2, 0.25) is 5.72 Å². The molecule has 1 aliphatic rings. The first-order chi connectivity index (χ1) is 14.0. The van der Waals surface area contributed by atoms with Crippen LogP contribution in [0.5, 0.6) is 0 Å². The van der Waals surface area contributed by atoms with Crippen LogP contribution in [0, 0.1) is 5.82 Å². The highest BCUT2D eigenvalue weighted by Crippen LogP contribution is 2.29. The molecule has 158 valence electrons. The number of pyridine rings is 1. The van der Waals surface area contributed by atoms with E-state index in [1.807, 2.05) is 20.8 Å². The van der Waals surface area contributed by atoms with Crippen LogP contribution in [0.3, 0.4) is 0 Å². The standard InChI is InChI=1S/C20H24FN7O2/c1-11(13-8-12(21)9-22-16(13)19(2,3)29)24-15-6-7-28-18(25-15)14(10-23-28)17-26-20(4,5)30-27-17/h6-11,29H,1-5H3,(H,24,25)(H,26,27)/t11-/m1/s1. The highest BCUT2D eigenvalue weighted by molar-refractivity contribution is 6.04. The molecule has 0 saturated heterocycles. The summed E-state index contributed by atoms with van der Waals surface area (Å²) in [6.07, 6.45) is 4.53. The fourth-order valence-electron chi connectivity index (χ4n) is 3.32. The topological polar surface area (TPSA) is 109 Å². The van der Waals surface area contributed by atoms with E-state index in [-0.39, 0.29) is 6.04 Å². The minimum absolute atomic E-state index is 0.361. The van der Waals surface area contributed by atoms with Crippen LogP contribution in [0.25, 0.3) is 5.65 Å². The van der Waals surface area contributed by atoms with Crippen LogP contribution in [0.2, 0.25) is 0 Å². The summed E-state index contributed by atoms with van der Waals surface area (Å²) >= 11 is 0. The molecule has 1 aliphatic heterocycles. The predicted molar refractivity (Wildman–Crippen MR) is 109 cm³/mol. The Hall–Kier alpha value is -3.27. The van der Waals surface area contributed by atoms with Crippen LogP contribution in [0.1, 0.15) is 57.5 Å². The normalized spacial score (nSPS) is 16.7. The van der Waals surface area contributed by atoms with Gasteiger partial charge in [-0.2, -0.15) is 5.10 Å². The lowest BCUT2D eigenvalue weighted by molar-refractivity contribution is -0.00234. The van der Waals surface area contributed by atoms with Gasteiger partial charge in [-0.3, -0.25) is 4.98 Å². The van der Waals surface area contributed by atoms with Crippen molar-refractivity contribution in [3.05, 3.63) is 53.4 Å². The number of rotatable bonds is 5. The summed E-state index contributed by atoms with van der Waals surface area (Å²) in [4.78, 5) is 14.1. The molecule has 0 radical (unpaired) electrons. The summed E-state index contributed by atoms with van der Waals surface area (Å²) in [5, 5.41) is 25.2. The minimum atomic E-state index is -1.21. The third kappa shape index (κ3) is 3.78. The average molecular weight is 413 g/mol. The third-order valence-electron chi connectivity index (χ3n) is 4.70. The van der Waals surface area contributed by atoms with Gasteiger partial charge in [0.05, 0.1) is 29.7 Å². The van der Waals surface area contributed by atoms with Gasteiger partial charge in [-0.25, -0.2) is 13.9 Å². The van der Waals surface area contributed by atoms with Gasteiger partial charge in [-0.15, -0.1) is 0 Å². The Bertz CT molecular complexity index is 1130. The zero-order valence-electron chi connectivity index (χ0n) is 17.4. The average Bonchev–Trinajstić information content (AvgIpc) is 3.22. The molecule has 0 spiro atoms. The lowest BCUT2D eigenvalue weighted by Gasteiger charge is -2.24. The van der Waals surface area contributed by atoms with Crippen molar-refractivity contribution in [3.63, 3.8) is 0 Å². The van der Waals surface area contributed by atoms with Gasteiger partial charge in [-0.05, 0) is 46.8 Å². The molecule has 0 unspecified atom stereocenters. The fourth-order valence-corrected chi connectivity index (χ4v) is 3.32. The van der Waals surface area contributed by atoms with Crippen LogP contribution in [-0.2, 0) is 10.4 Å². The second-order valence-electron chi connectivity index (χ2n) is 8.32. The SMILES string of the molecule is C[C@@H](Nc1ccn2ncc(C3=NOC(C)(C)N3)c2n1)c1cc(F)cnc1C(C)(C)O. The van der Waals surface area contributed by atoms with Crippen molar-refractivity contribution in [2.75, 3.05) is 5.32 Å². The van der Waals surface area contributed by atoms with E-state index >= 15 is 0 Å². The number of hydrogen-bond acceptors (Lipinski definition) is 8. The number of aliphatic hydroxyl groups is 1. The van der Waals surface area contributed by atoms with E-state index < -0.39 is 17.1 Å². The maximum Gasteiger partial charge on any atom is 0.203 e. The quantitative estimate of drug-likeness (QED) is 0.590. The molecule has 4 rings (SSSR count). The first kappa shape index (κ1) is 20.0. The molecule has 1 atom stereocenters. The molecule has 3 N–H and O–H groups in total. The maximum absolute atomic E-state index is 13.9. The zero-order chi connectivity index (χ0) is 21.7. The van der Waals surface area contributed by atoms with E-state index in [2.05, 4.69) is 30.9 Å². The molecule has 9 nitrogen and oxygen atoms in total. The van der Waals surface area contributed by atoms with Crippen molar-refractivity contribution in [1.29, 1.82) is 0 Å². The summed E-state index contributed by atoms with van der Waals surface area (Å²) in [6.45, 7) is 8.82. The molecule has 0 bridgehead atoms. The molecule has 10 heteroatoms. The number of anilines is 1. The Balaban J connectivity index is 1.66. The molecular formula is C20H24FN7O2. The Kier molecular flexibility index (Phi) is 4.61. The van der Waals surface area contributed by atoms with Crippen LogP contribution in [0.4, 0.5) is 10.2 Å². The number of halogens is 1. The Labute approximate surface area is 173 Å². The molecular weight excluding hydrogens is 389 g/mol. The lowest BCUT2D eigenvalue weighted by Crippen LogP contribution is -2.38. The summed E-state index contributed by atoms with van der Waals surface area (Å²) in [7, 11) is 0.